The first-order valence-corrected chi connectivity index (χ1v) is 8.88. The summed E-state index contributed by atoms with van der Waals surface area (Å²) in [7, 11) is 0. The Morgan fingerprint density at radius 1 is 1.32 bits per heavy atom. The van der Waals surface area contributed by atoms with E-state index in [0.29, 0.717) is 29.6 Å². The zero-order valence-electron chi connectivity index (χ0n) is 14.0. The smallest absolute Gasteiger partial charge is 0.227 e. The number of benzene rings is 1. The molecule has 1 aromatic carbocycles. The Hall–Kier alpha value is -2.11. The third-order valence-corrected chi connectivity index (χ3v) is 4.90. The second kappa shape index (κ2) is 8.32. The van der Waals surface area contributed by atoms with Crippen molar-refractivity contribution in [2.75, 3.05) is 11.9 Å². The van der Waals surface area contributed by atoms with Crippen molar-refractivity contribution in [3.63, 3.8) is 0 Å². The lowest BCUT2D eigenvalue weighted by Crippen LogP contribution is -2.29. The highest BCUT2D eigenvalue weighted by atomic mass is 35.5. The number of ether oxygens (including phenoxy) is 1. The van der Waals surface area contributed by atoms with Gasteiger partial charge in [-0.1, -0.05) is 24.1 Å². The summed E-state index contributed by atoms with van der Waals surface area (Å²) in [6.45, 7) is 0.895. The molecule has 3 N–H and O–H groups in total. The standard InChI is InChI=1S/C19H22ClN3O2/c20-17-10-14(23-19(24)16-6-3-4-13(16)11-21)7-8-18(17)25-12-15-5-1-2-9-22-15/h1-2,5,7-10,13,16H,3-4,6,11-12,21H2,(H,23,24)/t13-,16-/m1/s1. The van der Waals surface area contributed by atoms with Crippen LogP contribution in [0, 0.1) is 11.8 Å². The van der Waals surface area contributed by atoms with E-state index in [9.17, 15) is 4.79 Å². The van der Waals surface area contributed by atoms with Gasteiger partial charge in [0.1, 0.15) is 12.4 Å². The minimum atomic E-state index is -0.0103. The number of halogens is 1. The first-order chi connectivity index (χ1) is 12.2. The fourth-order valence-corrected chi connectivity index (χ4v) is 3.47. The highest BCUT2D eigenvalue weighted by molar-refractivity contribution is 6.32. The first-order valence-electron chi connectivity index (χ1n) is 8.50. The molecule has 1 amide bonds. The molecule has 0 unspecified atom stereocenters. The molecular formula is C19H22ClN3O2. The van der Waals surface area contributed by atoms with Crippen molar-refractivity contribution in [2.45, 2.75) is 25.9 Å². The number of amides is 1. The summed E-state index contributed by atoms with van der Waals surface area (Å²) in [6.07, 6.45) is 4.69. The van der Waals surface area contributed by atoms with Crippen LogP contribution in [0.4, 0.5) is 5.69 Å². The average molecular weight is 360 g/mol. The summed E-state index contributed by atoms with van der Waals surface area (Å²) >= 11 is 6.28. The number of carbonyl (C=O) groups is 1. The number of carbonyl (C=O) groups excluding carboxylic acids is 1. The molecular weight excluding hydrogens is 338 g/mol. The van der Waals surface area contributed by atoms with Gasteiger partial charge in [-0.3, -0.25) is 9.78 Å². The van der Waals surface area contributed by atoms with Crippen molar-refractivity contribution in [3.05, 3.63) is 53.3 Å². The molecule has 25 heavy (non-hydrogen) atoms. The van der Waals surface area contributed by atoms with Gasteiger partial charge in [0.15, 0.2) is 0 Å². The Bertz CT molecular complexity index is 724. The molecule has 0 radical (unpaired) electrons. The van der Waals surface area contributed by atoms with Gasteiger partial charge in [0.05, 0.1) is 10.7 Å². The van der Waals surface area contributed by atoms with Gasteiger partial charge in [-0.25, -0.2) is 0 Å². The molecule has 1 aromatic heterocycles. The zero-order chi connectivity index (χ0) is 17.6. The van der Waals surface area contributed by atoms with Crippen LogP contribution in [-0.4, -0.2) is 17.4 Å². The SMILES string of the molecule is NC[C@H]1CCC[C@H]1C(=O)Nc1ccc(OCc2ccccn2)c(Cl)c1. The van der Waals surface area contributed by atoms with E-state index in [1.54, 1.807) is 24.4 Å². The van der Waals surface area contributed by atoms with E-state index in [0.717, 1.165) is 25.0 Å². The van der Waals surface area contributed by atoms with Gasteiger partial charge in [-0.15, -0.1) is 0 Å². The van der Waals surface area contributed by atoms with Crippen LogP contribution >= 0.6 is 11.6 Å². The molecule has 1 aliphatic carbocycles. The highest BCUT2D eigenvalue weighted by Crippen LogP contribution is 2.33. The van der Waals surface area contributed by atoms with Crippen LogP contribution in [0.15, 0.2) is 42.6 Å². The minimum Gasteiger partial charge on any atom is -0.486 e. The van der Waals surface area contributed by atoms with Gasteiger partial charge >= 0.3 is 0 Å². The van der Waals surface area contributed by atoms with Crippen molar-refractivity contribution in [3.8, 4) is 5.75 Å². The van der Waals surface area contributed by atoms with Gasteiger partial charge in [0.25, 0.3) is 0 Å². The summed E-state index contributed by atoms with van der Waals surface area (Å²) in [5, 5.41) is 3.40. The van der Waals surface area contributed by atoms with Gasteiger partial charge in [0, 0.05) is 17.8 Å². The molecule has 1 fully saturated rings. The van der Waals surface area contributed by atoms with E-state index in [2.05, 4.69) is 10.3 Å². The Morgan fingerprint density at radius 2 is 2.20 bits per heavy atom. The molecule has 6 heteroatoms. The quantitative estimate of drug-likeness (QED) is 0.825. The molecule has 2 aromatic rings. The number of anilines is 1. The van der Waals surface area contributed by atoms with Crippen LogP contribution in [0.2, 0.25) is 5.02 Å². The third-order valence-electron chi connectivity index (χ3n) is 4.60. The molecule has 0 spiro atoms. The Morgan fingerprint density at radius 3 is 2.92 bits per heavy atom. The normalized spacial score (nSPS) is 19.6. The molecule has 0 aliphatic heterocycles. The van der Waals surface area contributed by atoms with E-state index in [1.807, 2.05) is 18.2 Å². The lowest BCUT2D eigenvalue weighted by molar-refractivity contribution is -0.120. The second-order valence-electron chi connectivity index (χ2n) is 6.28. The van der Waals surface area contributed by atoms with Crippen LogP contribution in [-0.2, 0) is 11.4 Å². The largest absolute Gasteiger partial charge is 0.486 e. The number of aromatic nitrogens is 1. The Kier molecular flexibility index (Phi) is 5.89. The van der Waals surface area contributed by atoms with Gasteiger partial charge in [0.2, 0.25) is 5.91 Å². The number of hydrogen-bond acceptors (Lipinski definition) is 4. The summed E-state index contributed by atoms with van der Waals surface area (Å²) in [6, 6.07) is 10.9. The summed E-state index contributed by atoms with van der Waals surface area (Å²) in [5.74, 6) is 0.845. The number of pyridine rings is 1. The fraction of sp³-hybridized carbons (Fsp3) is 0.368. The number of rotatable bonds is 6. The zero-order valence-corrected chi connectivity index (χ0v) is 14.7. The number of hydrogen-bond donors (Lipinski definition) is 2. The topological polar surface area (TPSA) is 77.2 Å². The first kappa shape index (κ1) is 17.7. The van der Waals surface area contributed by atoms with Crippen LogP contribution in [0.25, 0.3) is 0 Å². The van der Waals surface area contributed by atoms with E-state index < -0.39 is 0 Å². The van der Waals surface area contributed by atoms with Crippen LogP contribution in [0.3, 0.4) is 0 Å². The Labute approximate surface area is 152 Å². The molecule has 1 heterocycles. The van der Waals surface area contributed by atoms with Crippen molar-refractivity contribution >= 4 is 23.2 Å². The predicted molar refractivity (Wildman–Crippen MR) is 98.5 cm³/mol. The lowest BCUT2D eigenvalue weighted by Gasteiger charge is -2.17. The van der Waals surface area contributed by atoms with Crippen molar-refractivity contribution in [1.29, 1.82) is 0 Å². The van der Waals surface area contributed by atoms with Gasteiger partial charge in [-0.05, 0) is 55.6 Å². The van der Waals surface area contributed by atoms with Crippen LogP contribution < -0.4 is 15.8 Å². The molecule has 0 bridgehead atoms. The van der Waals surface area contributed by atoms with Crippen molar-refractivity contribution in [1.82, 2.24) is 4.98 Å². The third kappa shape index (κ3) is 4.50. The van der Waals surface area contributed by atoms with Crippen molar-refractivity contribution < 1.29 is 9.53 Å². The van der Waals surface area contributed by atoms with E-state index >= 15 is 0 Å². The van der Waals surface area contributed by atoms with Crippen LogP contribution in [0.5, 0.6) is 5.75 Å². The number of nitrogens with zero attached hydrogens (tertiary/aromatic N) is 1. The summed E-state index contributed by atoms with van der Waals surface area (Å²) < 4.78 is 5.69. The van der Waals surface area contributed by atoms with Gasteiger partial charge < -0.3 is 15.8 Å². The molecule has 1 aliphatic rings. The number of nitrogens with one attached hydrogen (secondary N) is 1. The molecule has 2 atom stereocenters. The van der Waals surface area contributed by atoms with E-state index in [-0.39, 0.29) is 17.7 Å². The Balaban J connectivity index is 1.60. The lowest BCUT2D eigenvalue weighted by atomic mass is 9.95. The maximum atomic E-state index is 12.4. The van der Waals surface area contributed by atoms with E-state index in [1.165, 1.54) is 0 Å². The fourth-order valence-electron chi connectivity index (χ4n) is 3.23. The second-order valence-corrected chi connectivity index (χ2v) is 6.68. The molecule has 3 rings (SSSR count). The highest BCUT2D eigenvalue weighted by Gasteiger charge is 2.31. The molecule has 1 saturated carbocycles. The summed E-state index contributed by atoms with van der Waals surface area (Å²) in [5.41, 5.74) is 7.25. The molecule has 0 saturated heterocycles. The maximum absolute atomic E-state index is 12.4. The van der Waals surface area contributed by atoms with Crippen molar-refractivity contribution in [2.24, 2.45) is 17.6 Å². The van der Waals surface area contributed by atoms with Gasteiger partial charge in [-0.2, -0.15) is 0 Å². The molecule has 5 nitrogen and oxygen atoms in total. The maximum Gasteiger partial charge on any atom is 0.227 e. The average Bonchev–Trinajstić information content (AvgIpc) is 3.11. The van der Waals surface area contributed by atoms with E-state index in [4.69, 9.17) is 22.1 Å². The van der Waals surface area contributed by atoms with Crippen LogP contribution in [0.1, 0.15) is 25.0 Å². The summed E-state index contributed by atoms with van der Waals surface area (Å²) in [4.78, 5) is 16.6. The monoisotopic (exact) mass is 359 g/mol. The predicted octanol–water partition coefficient (Wildman–Crippen LogP) is 3.63. The number of nitrogens with two attached hydrogens (primary N) is 1. The molecule has 132 valence electrons. The minimum absolute atomic E-state index is 0.0103.